The molecule has 1 unspecified atom stereocenters. The molecule has 4 N–H and O–H groups in total. The summed E-state index contributed by atoms with van der Waals surface area (Å²) in [7, 11) is 1.59. The summed E-state index contributed by atoms with van der Waals surface area (Å²) in [5.74, 6) is 0.752. The number of hydrogen-bond acceptors (Lipinski definition) is 6. The fraction of sp³-hybridized carbons (Fsp3) is 0.500. The number of aliphatic hydroxyl groups excluding tert-OH is 2. The van der Waals surface area contributed by atoms with Crippen molar-refractivity contribution < 1.29 is 19.7 Å². The highest BCUT2D eigenvalue weighted by Gasteiger charge is 2.41. The third kappa shape index (κ3) is 2.99. The summed E-state index contributed by atoms with van der Waals surface area (Å²) in [6, 6.07) is 7.06. The van der Waals surface area contributed by atoms with Gasteiger partial charge in [-0.3, -0.25) is 4.90 Å². The van der Waals surface area contributed by atoms with E-state index in [9.17, 15) is 15.0 Å². The number of aldehydes is 1. The maximum Gasteiger partial charge on any atom is 0.151 e. The van der Waals surface area contributed by atoms with Crippen molar-refractivity contribution in [2.75, 3.05) is 13.7 Å². The smallest absolute Gasteiger partial charge is 0.151 e. The van der Waals surface area contributed by atoms with E-state index >= 15 is 0 Å². The van der Waals surface area contributed by atoms with Crippen LogP contribution in [-0.4, -0.2) is 59.5 Å². The van der Waals surface area contributed by atoms with Gasteiger partial charge in [0, 0.05) is 12.6 Å². The molecule has 2 rings (SSSR count). The topological polar surface area (TPSA) is 96.0 Å². The highest BCUT2D eigenvalue weighted by Crippen LogP contribution is 2.24. The van der Waals surface area contributed by atoms with Crippen LogP contribution in [0.1, 0.15) is 5.56 Å². The van der Waals surface area contributed by atoms with Crippen LogP contribution in [0, 0.1) is 0 Å². The number of carbonyl (C=O) groups is 1. The highest BCUT2D eigenvalue weighted by atomic mass is 16.5. The summed E-state index contributed by atoms with van der Waals surface area (Å²) in [6.45, 7) is 0.196. The molecule has 1 heterocycles. The van der Waals surface area contributed by atoms with E-state index in [1.54, 1.807) is 12.0 Å². The lowest BCUT2D eigenvalue weighted by Crippen LogP contribution is -2.49. The summed E-state index contributed by atoms with van der Waals surface area (Å²) >= 11 is 0. The molecule has 20 heavy (non-hydrogen) atoms. The normalized spacial score (nSPS) is 28.3. The molecule has 6 nitrogen and oxygen atoms in total. The molecule has 0 saturated carbocycles. The average Bonchev–Trinajstić information content (AvgIpc) is 2.75. The van der Waals surface area contributed by atoms with Gasteiger partial charge in [0.2, 0.25) is 0 Å². The molecule has 1 aromatic carbocycles. The molecular formula is C14H20N2O4. The molecule has 1 fully saturated rings. The van der Waals surface area contributed by atoms with Crippen molar-refractivity contribution in [2.45, 2.75) is 30.8 Å². The van der Waals surface area contributed by atoms with Gasteiger partial charge in [-0.05, 0) is 24.1 Å². The van der Waals surface area contributed by atoms with Crippen LogP contribution in [0.15, 0.2) is 24.3 Å². The molecular weight excluding hydrogens is 260 g/mol. The first-order valence-electron chi connectivity index (χ1n) is 6.52. The lowest BCUT2D eigenvalue weighted by atomic mass is 10.0. The third-order valence-electron chi connectivity index (χ3n) is 3.74. The van der Waals surface area contributed by atoms with Crippen LogP contribution in [0.5, 0.6) is 5.75 Å². The van der Waals surface area contributed by atoms with Gasteiger partial charge in [0.05, 0.1) is 19.3 Å². The van der Waals surface area contributed by atoms with Crippen LogP contribution in [-0.2, 0) is 11.2 Å². The first-order valence-corrected chi connectivity index (χ1v) is 6.52. The molecule has 0 radical (unpaired) electrons. The minimum atomic E-state index is -0.914. The van der Waals surface area contributed by atoms with Gasteiger partial charge in [-0.25, -0.2) is 0 Å². The second-order valence-corrected chi connectivity index (χ2v) is 5.00. The number of benzene rings is 1. The maximum absolute atomic E-state index is 10.8. The zero-order valence-electron chi connectivity index (χ0n) is 11.3. The van der Waals surface area contributed by atoms with E-state index in [4.69, 9.17) is 10.5 Å². The van der Waals surface area contributed by atoms with Crippen molar-refractivity contribution >= 4 is 6.29 Å². The van der Waals surface area contributed by atoms with Crippen molar-refractivity contribution in [1.29, 1.82) is 0 Å². The SMILES string of the molecule is COc1ccc(C[C@@H]2[C@H](O)[C@@H](O)CN2C(N)C=O)cc1. The Morgan fingerprint density at radius 1 is 1.45 bits per heavy atom. The van der Waals surface area contributed by atoms with Gasteiger partial charge >= 0.3 is 0 Å². The molecule has 110 valence electrons. The fourth-order valence-electron chi connectivity index (χ4n) is 2.57. The number of β-amino-alcohol motifs (C(OH)–C–C–N with tert-alkyl or cyclic N) is 1. The Morgan fingerprint density at radius 3 is 2.65 bits per heavy atom. The minimum absolute atomic E-state index is 0.196. The molecule has 0 aliphatic carbocycles. The molecule has 4 atom stereocenters. The van der Waals surface area contributed by atoms with Crippen molar-refractivity contribution in [2.24, 2.45) is 5.73 Å². The van der Waals surface area contributed by atoms with E-state index in [-0.39, 0.29) is 12.6 Å². The van der Waals surface area contributed by atoms with Crippen molar-refractivity contribution in [3.8, 4) is 5.75 Å². The third-order valence-corrected chi connectivity index (χ3v) is 3.74. The Bertz CT molecular complexity index is 451. The van der Waals surface area contributed by atoms with Gasteiger partial charge in [-0.15, -0.1) is 0 Å². The van der Waals surface area contributed by atoms with E-state index in [0.29, 0.717) is 12.7 Å². The van der Waals surface area contributed by atoms with E-state index < -0.39 is 18.4 Å². The number of methoxy groups -OCH3 is 1. The number of carbonyl (C=O) groups excluding carboxylic acids is 1. The molecule has 0 bridgehead atoms. The summed E-state index contributed by atoms with van der Waals surface area (Å²) in [6.07, 6.45) is -1.49. The Kier molecular flexibility index (Phi) is 4.72. The molecule has 0 amide bonds. The lowest BCUT2D eigenvalue weighted by Gasteiger charge is -2.28. The van der Waals surface area contributed by atoms with Crippen molar-refractivity contribution in [1.82, 2.24) is 4.90 Å². The van der Waals surface area contributed by atoms with Gasteiger partial charge in [0.1, 0.15) is 11.9 Å². The van der Waals surface area contributed by atoms with Gasteiger partial charge in [-0.1, -0.05) is 12.1 Å². The van der Waals surface area contributed by atoms with Crippen molar-refractivity contribution in [3.05, 3.63) is 29.8 Å². The standard InChI is InChI=1S/C14H20N2O4/c1-20-10-4-2-9(3-5-10)6-11-14(19)12(18)7-16(11)13(15)8-17/h2-5,8,11-14,18-19H,6-7,15H2,1H3/t11-,12+,13?,14+/m1/s1. The van der Waals surface area contributed by atoms with Gasteiger partial charge in [0.15, 0.2) is 6.29 Å². The Balaban J connectivity index is 2.13. The quantitative estimate of drug-likeness (QED) is 0.607. The van der Waals surface area contributed by atoms with Crippen LogP contribution in [0.2, 0.25) is 0 Å². The number of likely N-dealkylation sites (tertiary alicyclic amines) is 1. The number of ether oxygens (including phenoxy) is 1. The number of hydrogen-bond donors (Lipinski definition) is 3. The minimum Gasteiger partial charge on any atom is -0.497 e. The molecule has 1 aromatic rings. The summed E-state index contributed by atoms with van der Waals surface area (Å²) in [4.78, 5) is 12.5. The van der Waals surface area contributed by atoms with Gasteiger partial charge < -0.3 is 25.5 Å². The number of nitrogens with zero attached hydrogens (tertiary/aromatic N) is 1. The molecule has 0 aromatic heterocycles. The van der Waals surface area contributed by atoms with Crippen LogP contribution < -0.4 is 10.5 Å². The van der Waals surface area contributed by atoms with Crippen LogP contribution >= 0.6 is 0 Å². The van der Waals surface area contributed by atoms with E-state index in [2.05, 4.69) is 0 Å². The van der Waals surface area contributed by atoms with E-state index in [1.165, 1.54) is 0 Å². The van der Waals surface area contributed by atoms with Crippen LogP contribution in [0.4, 0.5) is 0 Å². The van der Waals surface area contributed by atoms with E-state index in [1.807, 2.05) is 24.3 Å². The van der Waals surface area contributed by atoms with Crippen LogP contribution in [0.25, 0.3) is 0 Å². The monoisotopic (exact) mass is 280 g/mol. The highest BCUT2D eigenvalue weighted by molar-refractivity contribution is 5.56. The van der Waals surface area contributed by atoms with Crippen LogP contribution in [0.3, 0.4) is 0 Å². The largest absolute Gasteiger partial charge is 0.497 e. The Labute approximate surface area is 117 Å². The fourth-order valence-corrected chi connectivity index (χ4v) is 2.57. The Hall–Kier alpha value is -1.47. The summed E-state index contributed by atoms with van der Waals surface area (Å²) < 4.78 is 5.09. The zero-order valence-corrected chi connectivity index (χ0v) is 11.3. The van der Waals surface area contributed by atoms with E-state index in [0.717, 1.165) is 11.3 Å². The molecule has 1 saturated heterocycles. The first kappa shape index (κ1) is 14.9. The number of rotatable bonds is 5. The second-order valence-electron chi connectivity index (χ2n) is 5.00. The molecule has 6 heteroatoms. The first-order chi connectivity index (χ1) is 9.56. The maximum atomic E-state index is 10.8. The lowest BCUT2D eigenvalue weighted by molar-refractivity contribution is -0.112. The zero-order chi connectivity index (χ0) is 14.7. The molecule has 0 spiro atoms. The molecule has 1 aliphatic heterocycles. The second kappa shape index (κ2) is 6.32. The number of aliphatic hydroxyl groups is 2. The number of nitrogens with two attached hydrogens (primary N) is 1. The Morgan fingerprint density at radius 2 is 2.10 bits per heavy atom. The summed E-state index contributed by atoms with van der Waals surface area (Å²) in [5, 5.41) is 19.8. The molecule has 1 aliphatic rings. The van der Waals surface area contributed by atoms with Gasteiger partial charge in [0.25, 0.3) is 0 Å². The predicted octanol–water partition coefficient (Wildman–Crippen LogP) is -0.873. The summed E-state index contributed by atoms with van der Waals surface area (Å²) in [5.41, 5.74) is 6.69. The average molecular weight is 280 g/mol. The van der Waals surface area contributed by atoms with Gasteiger partial charge in [-0.2, -0.15) is 0 Å². The van der Waals surface area contributed by atoms with Crippen molar-refractivity contribution in [3.63, 3.8) is 0 Å². The predicted molar refractivity (Wildman–Crippen MR) is 73.2 cm³/mol.